The number of primary amides is 1. The lowest BCUT2D eigenvalue weighted by atomic mass is 10.1. The minimum Gasteiger partial charge on any atom is -0.371 e. The van der Waals surface area contributed by atoms with Gasteiger partial charge in [-0.3, -0.25) is 4.79 Å². The van der Waals surface area contributed by atoms with Crippen LogP contribution in [0.25, 0.3) is 0 Å². The van der Waals surface area contributed by atoms with E-state index in [-0.39, 0.29) is 31.0 Å². The standard InChI is InChI=1S/C15H20N2O4/c16-13(18)9-19-12-8-21-14-11(7-20-15(12)14)17-6-10-4-2-1-3-5-10/h1-5,11-12,14-15,17H,6-9H2,(H2,16,18)/t11-,12-,14-,15+/m1/s1. The average molecular weight is 292 g/mol. The lowest BCUT2D eigenvalue weighted by Crippen LogP contribution is -2.41. The molecule has 2 saturated heterocycles. The van der Waals surface area contributed by atoms with Crippen LogP contribution < -0.4 is 11.1 Å². The second-order valence-electron chi connectivity index (χ2n) is 5.38. The maximum absolute atomic E-state index is 10.8. The van der Waals surface area contributed by atoms with Crippen molar-refractivity contribution in [2.75, 3.05) is 19.8 Å². The Balaban J connectivity index is 1.50. The number of amides is 1. The number of carbonyl (C=O) groups excluding carboxylic acids is 1. The number of ether oxygens (including phenoxy) is 3. The Hall–Kier alpha value is -1.47. The van der Waals surface area contributed by atoms with Crippen molar-refractivity contribution in [3.8, 4) is 0 Å². The Morgan fingerprint density at radius 3 is 2.76 bits per heavy atom. The average Bonchev–Trinajstić information content (AvgIpc) is 3.06. The lowest BCUT2D eigenvalue weighted by Gasteiger charge is -2.17. The minimum atomic E-state index is -0.477. The summed E-state index contributed by atoms with van der Waals surface area (Å²) in [7, 11) is 0. The van der Waals surface area contributed by atoms with E-state index in [2.05, 4.69) is 17.4 Å². The maximum Gasteiger partial charge on any atom is 0.243 e. The molecule has 0 aliphatic carbocycles. The summed E-state index contributed by atoms with van der Waals surface area (Å²) < 4.78 is 17.0. The van der Waals surface area contributed by atoms with Gasteiger partial charge in [-0.1, -0.05) is 30.3 Å². The fourth-order valence-electron chi connectivity index (χ4n) is 2.82. The van der Waals surface area contributed by atoms with Crippen molar-refractivity contribution in [3.63, 3.8) is 0 Å². The van der Waals surface area contributed by atoms with Crippen molar-refractivity contribution in [1.29, 1.82) is 0 Å². The highest BCUT2D eigenvalue weighted by Gasteiger charge is 2.48. The van der Waals surface area contributed by atoms with Crippen molar-refractivity contribution in [2.24, 2.45) is 5.73 Å². The van der Waals surface area contributed by atoms with Gasteiger partial charge in [0.1, 0.15) is 24.9 Å². The number of benzene rings is 1. The van der Waals surface area contributed by atoms with Gasteiger partial charge in [0.15, 0.2) is 0 Å². The number of hydrogen-bond acceptors (Lipinski definition) is 5. The number of fused-ring (bicyclic) bond motifs is 1. The number of nitrogens with one attached hydrogen (secondary N) is 1. The van der Waals surface area contributed by atoms with E-state index in [9.17, 15) is 4.79 Å². The lowest BCUT2D eigenvalue weighted by molar-refractivity contribution is -0.126. The molecule has 2 aliphatic rings. The molecule has 1 amide bonds. The Labute approximate surface area is 123 Å². The summed E-state index contributed by atoms with van der Waals surface area (Å²) in [4.78, 5) is 10.8. The zero-order valence-electron chi connectivity index (χ0n) is 11.7. The highest BCUT2D eigenvalue weighted by Crippen LogP contribution is 2.29. The molecule has 2 heterocycles. The van der Waals surface area contributed by atoms with Crippen LogP contribution in [0.1, 0.15) is 5.56 Å². The first-order valence-electron chi connectivity index (χ1n) is 7.14. The third-order valence-corrected chi connectivity index (χ3v) is 3.86. The quantitative estimate of drug-likeness (QED) is 0.759. The van der Waals surface area contributed by atoms with Crippen LogP contribution in [0.3, 0.4) is 0 Å². The molecule has 0 unspecified atom stereocenters. The Morgan fingerprint density at radius 2 is 2.00 bits per heavy atom. The molecule has 6 nitrogen and oxygen atoms in total. The second-order valence-corrected chi connectivity index (χ2v) is 5.38. The van der Waals surface area contributed by atoms with E-state index in [1.165, 1.54) is 5.56 Å². The summed E-state index contributed by atoms with van der Waals surface area (Å²) in [5, 5.41) is 3.46. The van der Waals surface area contributed by atoms with Crippen molar-refractivity contribution < 1.29 is 19.0 Å². The molecular weight excluding hydrogens is 272 g/mol. The van der Waals surface area contributed by atoms with Crippen molar-refractivity contribution >= 4 is 5.91 Å². The molecule has 3 rings (SSSR count). The smallest absolute Gasteiger partial charge is 0.243 e. The fraction of sp³-hybridized carbons (Fsp3) is 0.533. The summed E-state index contributed by atoms with van der Waals surface area (Å²) in [6, 6.07) is 10.3. The number of carbonyl (C=O) groups is 1. The molecule has 21 heavy (non-hydrogen) atoms. The molecule has 4 atom stereocenters. The SMILES string of the molecule is NC(=O)CO[C@@H]1CO[C@H]2[C@H]1OC[C@H]2NCc1ccccc1. The van der Waals surface area contributed by atoms with Gasteiger partial charge in [0, 0.05) is 6.54 Å². The molecule has 1 aromatic carbocycles. The Morgan fingerprint density at radius 1 is 1.24 bits per heavy atom. The molecule has 0 spiro atoms. The van der Waals surface area contributed by atoms with E-state index in [0.717, 1.165) is 6.54 Å². The van der Waals surface area contributed by atoms with Gasteiger partial charge in [-0.05, 0) is 5.56 Å². The second kappa shape index (κ2) is 6.53. The van der Waals surface area contributed by atoms with E-state index >= 15 is 0 Å². The Kier molecular flexibility index (Phi) is 4.50. The molecular formula is C15H20N2O4. The van der Waals surface area contributed by atoms with Gasteiger partial charge in [-0.2, -0.15) is 0 Å². The fourth-order valence-corrected chi connectivity index (χ4v) is 2.82. The summed E-state index contributed by atoms with van der Waals surface area (Å²) in [6.07, 6.45) is -0.379. The number of nitrogens with two attached hydrogens (primary N) is 1. The van der Waals surface area contributed by atoms with E-state index in [1.54, 1.807) is 0 Å². The number of rotatable bonds is 6. The molecule has 0 radical (unpaired) electrons. The van der Waals surface area contributed by atoms with Gasteiger partial charge in [-0.15, -0.1) is 0 Å². The zero-order chi connectivity index (χ0) is 14.7. The summed E-state index contributed by atoms with van der Waals surface area (Å²) >= 11 is 0. The van der Waals surface area contributed by atoms with Crippen LogP contribution in [-0.2, 0) is 25.5 Å². The first kappa shape index (κ1) is 14.5. The van der Waals surface area contributed by atoms with Crippen LogP contribution in [0.4, 0.5) is 0 Å². The third-order valence-electron chi connectivity index (χ3n) is 3.86. The molecule has 6 heteroatoms. The predicted octanol–water partition coefficient (Wildman–Crippen LogP) is -0.187. The van der Waals surface area contributed by atoms with Crippen LogP contribution in [0.5, 0.6) is 0 Å². The van der Waals surface area contributed by atoms with Gasteiger partial charge in [-0.25, -0.2) is 0 Å². The van der Waals surface area contributed by atoms with Crippen molar-refractivity contribution in [3.05, 3.63) is 35.9 Å². The van der Waals surface area contributed by atoms with Gasteiger partial charge < -0.3 is 25.3 Å². The van der Waals surface area contributed by atoms with E-state index < -0.39 is 5.91 Å². The van der Waals surface area contributed by atoms with Crippen LogP contribution in [-0.4, -0.2) is 50.1 Å². The largest absolute Gasteiger partial charge is 0.371 e. The summed E-state index contributed by atoms with van der Waals surface area (Å²) in [5.74, 6) is -0.477. The van der Waals surface area contributed by atoms with Gasteiger partial charge in [0.05, 0.1) is 19.3 Å². The maximum atomic E-state index is 10.8. The first-order valence-corrected chi connectivity index (χ1v) is 7.14. The molecule has 1 aromatic rings. The van der Waals surface area contributed by atoms with Crippen LogP contribution >= 0.6 is 0 Å². The normalized spacial score (nSPS) is 31.2. The first-order chi connectivity index (χ1) is 10.2. The van der Waals surface area contributed by atoms with Gasteiger partial charge >= 0.3 is 0 Å². The Bertz CT molecular complexity index is 482. The highest BCUT2D eigenvalue weighted by molar-refractivity contribution is 5.75. The molecule has 3 N–H and O–H groups in total. The zero-order valence-corrected chi connectivity index (χ0v) is 11.7. The predicted molar refractivity (Wildman–Crippen MR) is 75.5 cm³/mol. The monoisotopic (exact) mass is 292 g/mol. The van der Waals surface area contributed by atoms with Gasteiger partial charge in [0.25, 0.3) is 0 Å². The highest BCUT2D eigenvalue weighted by atomic mass is 16.6. The summed E-state index contributed by atoms with van der Waals surface area (Å²) in [6.45, 7) is 1.70. The van der Waals surface area contributed by atoms with E-state index in [1.807, 2.05) is 18.2 Å². The molecule has 0 saturated carbocycles. The van der Waals surface area contributed by atoms with Crippen LogP contribution in [0.2, 0.25) is 0 Å². The topological polar surface area (TPSA) is 82.8 Å². The molecule has 114 valence electrons. The summed E-state index contributed by atoms with van der Waals surface area (Å²) in [5.41, 5.74) is 6.31. The molecule has 2 aliphatic heterocycles. The minimum absolute atomic E-state index is 0.0356. The van der Waals surface area contributed by atoms with Crippen molar-refractivity contribution in [2.45, 2.75) is 30.9 Å². The molecule has 0 aromatic heterocycles. The van der Waals surface area contributed by atoms with Crippen LogP contribution in [0.15, 0.2) is 30.3 Å². The number of hydrogen-bond donors (Lipinski definition) is 2. The van der Waals surface area contributed by atoms with E-state index in [0.29, 0.717) is 13.2 Å². The molecule has 2 fully saturated rings. The molecule has 0 bridgehead atoms. The van der Waals surface area contributed by atoms with Crippen molar-refractivity contribution in [1.82, 2.24) is 5.32 Å². The van der Waals surface area contributed by atoms with Crippen LogP contribution in [0, 0.1) is 0 Å². The van der Waals surface area contributed by atoms with E-state index in [4.69, 9.17) is 19.9 Å². The third kappa shape index (κ3) is 3.41. The van der Waals surface area contributed by atoms with Gasteiger partial charge in [0.2, 0.25) is 5.91 Å².